The van der Waals surface area contributed by atoms with Crippen LogP contribution in [0.3, 0.4) is 0 Å². The predicted octanol–water partition coefficient (Wildman–Crippen LogP) is 2.42. The van der Waals surface area contributed by atoms with Gasteiger partial charge in [-0.05, 0) is 49.3 Å². The summed E-state index contributed by atoms with van der Waals surface area (Å²) in [5.74, 6) is 0. The number of pyridine rings is 1. The van der Waals surface area contributed by atoms with E-state index in [0.717, 1.165) is 23.1 Å². The third kappa shape index (κ3) is 3.78. The molecule has 0 spiro atoms. The monoisotopic (exact) mass is 277 g/mol. The Morgan fingerprint density at radius 1 is 1.47 bits per heavy atom. The first-order valence-electron chi connectivity index (χ1n) is 6.42. The molecular formula is C13H19N5S. The van der Waals surface area contributed by atoms with Gasteiger partial charge in [0.25, 0.3) is 0 Å². The van der Waals surface area contributed by atoms with E-state index >= 15 is 0 Å². The van der Waals surface area contributed by atoms with Crippen LogP contribution in [0.4, 0.5) is 0 Å². The normalized spacial score (nSPS) is 12.6. The van der Waals surface area contributed by atoms with Gasteiger partial charge in [0.05, 0.1) is 0 Å². The standard InChI is InChI=1S/C13H19N5S/c1-4-6-14-10(2)11-5-7-15-12(8-11)19-13-17-16-9-18(13)3/h5,7-10,14H,4,6H2,1-3H3. The lowest BCUT2D eigenvalue weighted by Crippen LogP contribution is -2.19. The molecule has 1 atom stereocenters. The second-order valence-corrected chi connectivity index (χ2v) is 5.42. The zero-order chi connectivity index (χ0) is 13.7. The molecule has 0 aliphatic rings. The molecule has 0 saturated heterocycles. The first-order valence-corrected chi connectivity index (χ1v) is 7.23. The van der Waals surface area contributed by atoms with E-state index in [0.29, 0.717) is 6.04 Å². The number of aromatic nitrogens is 4. The Kier molecular flexibility index (Phi) is 4.93. The van der Waals surface area contributed by atoms with Crippen LogP contribution in [0.5, 0.6) is 0 Å². The Hall–Kier alpha value is -1.40. The van der Waals surface area contributed by atoms with Crippen LogP contribution in [0.25, 0.3) is 0 Å². The van der Waals surface area contributed by atoms with Crippen LogP contribution in [-0.2, 0) is 7.05 Å². The van der Waals surface area contributed by atoms with Crippen LogP contribution in [0.1, 0.15) is 31.9 Å². The average molecular weight is 277 g/mol. The van der Waals surface area contributed by atoms with E-state index in [9.17, 15) is 0 Å². The lowest BCUT2D eigenvalue weighted by Gasteiger charge is -2.14. The van der Waals surface area contributed by atoms with E-state index in [-0.39, 0.29) is 0 Å². The summed E-state index contributed by atoms with van der Waals surface area (Å²) in [4.78, 5) is 4.37. The van der Waals surface area contributed by atoms with Gasteiger partial charge >= 0.3 is 0 Å². The molecule has 19 heavy (non-hydrogen) atoms. The SMILES string of the molecule is CCCNC(C)c1ccnc(Sc2nncn2C)c1. The average Bonchev–Trinajstić information content (AvgIpc) is 2.82. The highest BCUT2D eigenvalue weighted by molar-refractivity contribution is 7.99. The van der Waals surface area contributed by atoms with Gasteiger partial charge in [-0.1, -0.05) is 6.92 Å². The van der Waals surface area contributed by atoms with Crippen LogP contribution in [0.2, 0.25) is 0 Å². The van der Waals surface area contributed by atoms with Crippen molar-refractivity contribution in [2.45, 2.75) is 36.5 Å². The van der Waals surface area contributed by atoms with Crippen LogP contribution in [0.15, 0.2) is 34.8 Å². The molecule has 6 heteroatoms. The maximum absolute atomic E-state index is 4.37. The van der Waals surface area contributed by atoms with E-state index in [1.807, 2.05) is 23.9 Å². The summed E-state index contributed by atoms with van der Waals surface area (Å²) in [6.07, 6.45) is 4.67. The Morgan fingerprint density at radius 3 is 3.00 bits per heavy atom. The minimum atomic E-state index is 0.335. The Labute approximate surface area is 117 Å². The molecule has 0 amide bonds. The first kappa shape index (κ1) is 14.0. The Bertz CT molecular complexity index is 525. The molecule has 0 aliphatic heterocycles. The second kappa shape index (κ2) is 6.68. The highest BCUT2D eigenvalue weighted by Crippen LogP contribution is 2.25. The van der Waals surface area contributed by atoms with Crippen LogP contribution < -0.4 is 5.32 Å². The van der Waals surface area contributed by atoms with Gasteiger partial charge in [0, 0.05) is 19.3 Å². The summed E-state index contributed by atoms with van der Waals surface area (Å²) >= 11 is 1.53. The van der Waals surface area contributed by atoms with E-state index in [2.05, 4.69) is 40.4 Å². The van der Waals surface area contributed by atoms with Crippen molar-refractivity contribution in [2.75, 3.05) is 6.54 Å². The predicted molar refractivity (Wildman–Crippen MR) is 76.1 cm³/mol. The number of hydrogen-bond donors (Lipinski definition) is 1. The van der Waals surface area contributed by atoms with Crippen molar-refractivity contribution in [1.29, 1.82) is 0 Å². The fraction of sp³-hybridized carbons (Fsp3) is 0.462. The molecule has 1 N–H and O–H groups in total. The topological polar surface area (TPSA) is 55.6 Å². The van der Waals surface area contributed by atoms with E-state index in [1.165, 1.54) is 17.3 Å². The summed E-state index contributed by atoms with van der Waals surface area (Å²) in [5.41, 5.74) is 1.24. The molecule has 0 bridgehead atoms. The van der Waals surface area contributed by atoms with Gasteiger partial charge in [-0.2, -0.15) is 0 Å². The van der Waals surface area contributed by atoms with Gasteiger partial charge in [0.2, 0.25) is 0 Å². The molecule has 2 aromatic heterocycles. The molecule has 102 valence electrons. The summed E-state index contributed by atoms with van der Waals surface area (Å²) in [7, 11) is 1.93. The van der Waals surface area contributed by atoms with Crippen LogP contribution >= 0.6 is 11.8 Å². The van der Waals surface area contributed by atoms with Gasteiger partial charge in [-0.15, -0.1) is 10.2 Å². The van der Waals surface area contributed by atoms with E-state index in [4.69, 9.17) is 0 Å². The quantitative estimate of drug-likeness (QED) is 0.879. The Morgan fingerprint density at radius 2 is 2.32 bits per heavy atom. The van der Waals surface area contributed by atoms with E-state index in [1.54, 1.807) is 6.33 Å². The van der Waals surface area contributed by atoms with Gasteiger partial charge in [-0.3, -0.25) is 0 Å². The lowest BCUT2D eigenvalue weighted by molar-refractivity contribution is 0.569. The van der Waals surface area contributed by atoms with Gasteiger partial charge in [-0.25, -0.2) is 4.98 Å². The first-order chi connectivity index (χ1) is 9.20. The smallest absolute Gasteiger partial charge is 0.197 e. The molecule has 2 heterocycles. The molecule has 0 aromatic carbocycles. The van der Waals surface area contributed by atoms with Crippen molar-refractivity contribution in [3.63, 3.8) is 0 Å². The Balaban J connectivity index is 2.09. The molecule has 0 saturated carbocycles. The largest absolute Gasteiger partial charge is 0.311 e. The summed E-state index contributed by atoms with van der Waals surface area (Å²) in [5, 5.41) is 13.2. The van der Waals surface area contributed by atoms with Crippen molar-refractivity contribution in [2.24, 2.45) is 7.05 Å². The number of rotatable bonds is 6. The molecule has 0 radical (unpaired) electrons. The number of hydrogen-bond acceptors (Lipinski definition) is 5. The van der Waals surface area contributed by atoms with Crippen molar-refractivity contribution in [1.82, 2.24) is 25.1 Å². The van der Waals surface area contributed by atoms with Crippen LogP contribution in [0, 0.1) is 0 Å². The molecule has 0 fully saturated rings. The van der Waals surface area contributed by atoms with Gasteiger partial charge in [0.15, 0.2) is 5.16 Å². The molecule has 2 aromatic rings. The third-order valence-corrected chi connectivity index (χ3v) is 3.81. The molecule has 0 aliphatic carbocycles. The number of nitrogens with zero attached hydrogens (tertiary/aromatic N) is 4. The van der Waals surface area contributed by atoms with Gasteiger partial charge in [0.1, 0.15) is 11.4 Å². The second-order valence-electron chi connectivity index (χ2n) is 4.43. The van der Waals surface area contributed by atoms with Crippen molar-refractivity contribution in [3.8, 4) is 0 Å². The third-order valence-electron chi connectivity index (χ3n) is 2.83. The summed E-state index contributed by atoms with van der Waals surface area (Å²) in [6.45, 7) is 5.36. The van der Waals surface area contributed by atoms with Crippen molar-refractivity contribution < 1.29 is 0 Å². The highest BCUT2D eigenvalue weighted by Gasteiger charge is 2.08. The molecule has 5 nitrogen and oxygen atoms in total. The fourth-order valence-electron chi connectivity index (χ4n) is 1.69. The van der Waals surface area contributed by atoms with Gasteiger partial charge < -0.3 is 9.88 Å². The minimum Gasteiger partial charge on any atom is -0.311 e. The highest BCUT2D eigenvalue weighted by atomic mass is 32.2. The molecule has 1 unspecified atom stereocenters. The number of aryl methyl sites for hydroxylation is 1. The van der Waals surface area contributed by atoms with Crippen molar-refractivity contribution in [3.05, 3.63) is 30.2 Å². The minimum absolute atomic E-state index is 0.335. The van der Waals surface area contributed by atoms with Crippen LogP contribution in [-0.4, -0.2) is 26.3 Å². The molecule has 2 rings (SSSR count). The zero-order valence-electron chi connectivity index (χ0n) is 11.5. The number of nitrogens with one attached hydrogen (secondary N) is 1. The lowest BCUT2D eigenvalue weighted by atomic mass is 10.1. The maximum atomic E-state index is 4.37. The summed E-state index contributed by atoms with van der Waals surface area (Å²) < 4.78 is 1.89. The fourth-order valence-corrected chi connectivity index (χ4v) is 2.46. The zero-order valence-corrected chi connectivity index (χ0v) is 12.3. The maximum Gasteiger partial charge on any atom is 0.197 e. The summed E-state index contributed by atoms with van der Waals surface area (Å²) in [6, 6.07) is 4.49. The van der Waals surface area contributed by atoms with Crippen molar-refractivity contribution >= 4 is 11.8 Å². The molecular weight excluding hydrogens is 258 g/mol. The van der Waals surface area contributed by atoms with E-state index < -0.39 is 0 Å².